The maximum Gasteiger partial charge on any atom is 0.306 e. The van der Waals surface area contributed by atoms with Gasteiger partial charge in [0.15, 0.2) is 30.8 Å². The molecule has 0 spiro atoms. The molecule has 1 aromatic carbocycles. The third kappa shape index (κ3) is 9.30. The summed E-state index contributed by atoms with van der Waals surface area (Å²) in [5.74, 6) is -1.29. The Balaban J connectivity index is 1.29. The van der Waals surface area contributed by atoms with E-state index < -0.39 is 73.4 Å². The van der Waals surface area contributed by atoms with Gasteiger partial charge in [0.1, 0.15) is 36.6 Å². The summed E-state index contributed by atoms with van der Waals surface area (Å²) in [6.07, 6.45) is 5.24. The Kier molecular flexibility index (Phi) is 12.8. The van der Waals surface area contributed by atoms with Crippen molar-refractivity contribution in [1.82, 2.24) is 0 Å². The number of aliphatic hydroxyl groups is 1. The van der Waals surface area contributed by atoms with E-state index in [1.165, 1.54) is 0 Å². The highest BCUT2D eigenvalue weighted by Gasteiger charge is 2.58. The molecule has 0 amide bonds. The summed E-state index contributed by atoms with van der Waals surface area (Å²) in [4.78, 5) is 13.2. The molecule has 4 saturated heterocycles. The van der Waals surface area contributed by atoms with E-state index >= 15 is 0 Å². The fourth-order valence-corrected chi connectivity index (χ4v) is 7.48. The molecule has 0 radical (unpaired) electrons. The Labute approximate surface area is 290 Å². The number of hydrogen-bond donors (Lipinski definition) is 1. The van der Waals surface area contributed by atoms with Gasteiger partial charge in [0.25, 0.3) is 0 Å². The van der Waals surface area contributed by atoms with Crippen LogP contribution in [0.2, 0.25) is 0 Å². The van der Waals surface area contributed by atoms with Gasteiger partial charge in [0.2, 0.25) is 0 Å². The van der Waals surface area contributed by atoms with E-state index in [0.29, 0.717) is 6.42 Å². The van der Waals surface area contributed by atoms with Gasteiger partial charge in [-0.15, -0.1) is 0 Å². The molecule has 0 unspecified atom stereocenters. The number of ether oxygens (including phenoxy) is 9. The zero-order valence-corrected chi connectivity index (χ0v) is 29.5. The molecule has 5 heterocycles. The van der Waals surface area contributed by atoms with E-state index in [4.69, 9.17) is 42.6 Å². The van der Waals surface area contributed by atoms with Crippen molar-refractivity contribution >= 4 is 5.97 Å². The summed E-state index contributed by atoms with van der Waals surface area (Å²) in [5, 5.41) is 11.9. The summed E-state index contributed by atoms with van der Waals surface area (Å²) in [5.41, 5.74) is 0.818. The second-order valence-electron chi connectivity index (χ2n) is 14.4. The Bertz CT molecular complexity index is 1210. The molecule has 49 heavy (non-hydrogen) atoms. The fourth-order valence-electron chi connectivity index (χ4n) is 7.48. The van der Waals surface area contributed by atoms with Gasteiger partial charge in [-0.1, -0.05) is 68.7 Å². The minimum Gasteiger partial charge on any atom is -0.456 e. The predicted octanol–water partition coefficient (Wildman–Crippen LogP) is 6.01. The number of esters is 1. The van der Waals surface area contributed by atoms with E-state index in [0.717, 1.165) is 63.4 Å². The summed E-state index contributed by atoms with van der Waals surface area (Å²) >= 11 is 0. The number of unbranched alkanes of at least 4 members (excludes halogenated alkanes) is 2. The first kappa shape index (κ1) is 36.8. The van der Waals surface area contributed by atoms with E-state index in [-0.39, 0.29) is 25.2 Å². The number of rotatable bonds is 5. The van der Waals surface area contributed by atoms with Crippen molar-refractivity contribution in [2.45, 2.75) is 178 Å². The summed E-state index contributed by atoms with van der Waals surface area (Å²) in [7, 11) is 0. The first-order valence-corrected chi connectivity index (χ1v) is 18.5. The third-order valence-corrected chi connectivity index (χ3v) is 10.0. The Hall–Kier alpha value is -1.93. The monoisotopic (exact) mass is 688 g/mol. The lowest BCUT2D eigenvalue weighted by molar-refractivity contribution is -0.388. The van der Waals surface area contributed by atoms with Gasteiger partial charge < -0.3 is 47.7 Å². The van der Waals surface area contributed by atoms with Gasteiger partial charge in [0, 0.05) is 12.0 Å². The molecule has 4 fully saturated rings. The molecule has 5 aliphatic rings. The maximum absolute atomic E-state index is 13.2. The number of carbonyl (C=O) groups is 1. The SMILES string of the molecule is CCCCC[C@@H]1CCC/C=C\CCCCC(=O)O[C@@H]2[C@@H](O)[C@H](O[C@H]3[C@H](O1)O[C@H](C)[C@@H]1OC(C)(C)O[C@@H]13)O[C@@H]1CO[C@@H](c3ccccc3)O[C@@H]21. The Morgan fingerprint density at radius 1 is 0.816 bits per heavy atom. The van der Waals surface area contributed by atoms with Gasteiger partial charge in [0.05, 0.1) is 18.8 Å². The maximum atomic E-state index is 13.2. The first-order valence-electron chi connectivity index (χ1n) is 18.5. The van der Waals surface area contributed by atoms with Crippen LogP contribution in [-0.4, -0.2) is 91.0 Å². The molecule has 2 bridgehead atoms. The number of benzene rings is 1. The molecular formula is C38H56O11. The van der Waals surface area contributed by atoms with Crippen molar-refractivity contribution in [1.29, 1.82) is 0 Å². The van der Waals surface area contributed by atoms with Crippen molar-refractivity contribution < 1.29 is 52.5 Å². The number of aliphatic hydroxyl groups excluding tert-OH is 1. The lowest BCUT2D eigenvalue weighted by Gasteiger charge is -2.49. The normalized spacial score (nSPS) is 41.1. The Morgan fingerprint density at radius 3 is 2.39 bits per heavy atom. The van der Waals surface area contributed by atoms with Crippen molar-refractivity contribution in [3.63, 3.8) is 0 Å². The van der Waals surface area contributed by atoms with Gasteiger partial charge in [-0.2, -0.15) is 0 Å². The van der Waals surface area contributed by atoms with Crippen LogP contribution in [0.25, 0.3) is 0 Å². The molecule has 0 aromatic heterocycles. The minimum absolute atomic E-state index is 0.0532. The minimum atomic E-state index is -1.38. The molecule has 0 saturated carbocycles. The lowest BCUT2D eigenvalue weighted by atomic mass is 9.96. The zero-order chi connectivity index (χ0) is 34.4. The third-order valence-electron chi connectivity index (χ3n) is 10.0. The van der Waals surface area contributed by atoms with Crippen LogP contribution in [0.5, 0.6) is 0 Å². The van der Waals surface area contributed by atoms with Crippen LogP contribution in [0.15, 0.2) is 42.5 Å². The van der Waals surface area contributed by atoms with Crippen LogP contribution >= 0.6 is 0 Å². The van der Waals surface area contributed by atoms with E-state index in [2.05, 4.69) is 19.1 Å². The molecule has 11 heteroatoms. The molecule has 0 aliphatic carbocycles. The standard InChI is InChI=1S/C38H56O11/c1-5-6-13-20-26-21-16-10-8-7-9-11-17-22-28(39)45-32-29(40)36(44-27-23-41-35(46-31(27)32)25-18-14-12-15-19-25)47-34-33-30(48-38(3,4)49-33)24(2)42-37(34)43-26/h7-8,12,14-15,18-19,24,26-27,29-37,40H,5-6,9-11,13,16-17,20-23H2,1-4H3/b8-7-/t24-,26-,27-,29-,30+,31-,32-,33+,34-,35-,36+,37+/m1/s1. The van der Waals surface area contributed by atoms with Crippen LogP contribution in [0, 0.1) is 0 Å². The molecule has 1 aromatic rings. The van der Waals surface area contributed by atoms with Crippen molar-refractivity contribution in [3.8, 4) is 0 Å². The molecular weight excluding hydrogens is 632 g/mol. The van der Waals surface area contributed by atoms with Crippen molar-refractivity contribution in [2.75, 3.05) is 6.61 Å². The average molecular weight is 689 g/mol. The van der Waals surface area contributed by atoms with Gasteiger partial charge >= 0.3 is 5.97 Å². The molecule has 12 atom stereocenters. The number of fused-ring (bicyclic) bond motifs is 7. The van der Waals surface area contributed by atoms with E-state index in [9.17, 15) is 9.90 Å². The quantitative estimate of drug-likeness (QED) is 0.222. The highest BCUT2D eigenvalue weighted by atomic mass is 16.8. The van der Waals surface area contributed by atoms with Crippen LogP contribution in [0.1, 0.15) is 110 Å². The van der Waals surface area contributed by atoms with Crippen LogP contribution in [0.3, 0.4) is 0 Å². The van der Waals surface area contributed by atoms with Crippen molar-refractivity contribution in [3.05, 3.63) is 48.0 Å². The second kappa shape index (κ2) is 17.1. The first-order chi connectivity index (χ1) is 23.7. The van der Waals surface area contributed by atoms with Crippen LogP contribution < -0.4 is 0 Å². The molecule has 5 aliphatic heterocycles. The predicted molar refractivity (Wildman–Crippen MR) is 178 cm³/mol. The van der Waals surface area contributed by atoms with Gasteiger partial charge in [-0.25, -0.2) is 0 Å². The second-order valence-corrected chi connectivity index (χ2v) is 14.4. The van der Waals surface area contributed by atoms with Crippen LogP contribution in [0.4, 0.5) is 0 Å². The Morgan fingerprint density at radius 2 is 1.59 bits per heavy atom. The smallest absolute Gasteiger partial charge is 0.306 e. The molecule has 1 N–H and O–H groups in total. The number of hydrogen-bond acceptors (Lipinski definition) is 11. The summed E-state index contributed by atoms with van der Waals surface area (Å²) < 4.78 is 57.6. The topological polar surface area (TPSA) is 120 Å². The summed E-state index contributed by atoms with van der Waals surface area (Å²) in [6.45, 7) is 8.03. The van der Waals surface area contributed by atoms with E-state index in [1.54, 1.807) is 0 Å². The highest BCUT2D eigenvalue weighted by molar-refractivity contribution is 5.69. The number of carbonyl (C=O) groups excluding carboxylic acids is 1. The van der Waals surface area contributed by atoms with Gasteiger partial charge in [-0.05, 0) is 65.7 Å². The number of allylic oxidation sites excluding steroid dienone is 2. The average Bonchev–Trinajstić information content (AvgIpc) is 3.42. The fraction of sp³-hybridized carbons (Fsp3) is 0.763. The molecule has 6 rings (SSSR count). The largest absolute Gasteiger partial charge is 0.456 e. The molecule has 274 valence electrons. The van der Waals surface area contributed by atoms with Crippen LogP contribution in [-0.2, 0) is 47.4 Å². The van der Waals surface area contributed by atoms with Crippen molar-refractivity contribution in [2.24, 2.45) is 0 Å². The summed E-state index contributed by atoms with van der Waals surface area (Å²) in [6, 6.07) is 9.54. The lowest BCUT2D eigenvalue weighted by Crippen LogP contribution is -2.66. The molecule has 11 nitrogen and oxygen atoms in total. The zero-order valence-electron chi connectivity index (χ0n) is 29.5. The van der Waals surface area contributed by atoms with Gasteiger partial charge in [-0.3, -0.25) is 4.79 Å². The van der Waals surface area contributed by atoms with E-state index in [1.807, 2.05) is 51.1 Å². The highest BCUT2D eigenvalue weighted by Crippen LogP contribution is 2.42.